The molecule has 0 radical (unpaired) electrons. The molecule has 0 saturated carbocycles. The Kier molecular flexibility index (Phi) is 5.07. The smallest absolute Gasteiger partial charge is 0.329 e. The van der Waals surface area contributed by atoms with Crippen LogP contribution < -0.4 is 20.4 Å². The second kappa shape index (κ2) is 7.81. The molecule has 1 atom stereocenters. The minimum atomic E-state index is -0.325. The number of nitrogens with one attached hydrogen (secondary N) is 2. The van der Waals surface area contributed by atoms with Gasteiger partial charge in [0.05, 0.1) is 11.7 Å². The van der Waals surface area contributed by atoms with E-state index in [-0.39, 0.29) is 30.3 Å². The number of aliphatic hydroxyl groups excluding tert-OH is 1. The van der Waals surface area contributed by atoms with Crippen molar-refractivity contribution < 1.29 is 14.7 Å². The van der Waals surface area contributed by atoms with E-state index < -0.39 is 0 Å². The number of hydrogen-bond donors (Lipinski definition) is 3. The van der Waals surface area contributed by atoms with E-state index in [0.29, 0.717) is 24.6 Å². The standard InChI is InChI=1S/C19H22N6O3/c26-11-3-9-21-18(27)14-5-6-15-17(22-14)25(13-7-10-24(15)12-13)19(28)23-16-4-1-2-8-20-16/h1-2,4-6,8,13,26H,3,7,9-12H2,(H,21,27)(H,20,23,28)/t13-/m0/s1. The van der Waals surface area contributed by atoms with Crippen molar-refractivity contribution in [3.63, 3.8) is 0 Å². The Balaban J connectivity index is 1.61. The summed E-state index contributed by atoms with van der Waals surface area (Å²) in [4.78, 5) is 37.8. The number of rotatable bonds is 5. The van der Waals surface area contributed by atoms with Gasteiger partial charge in [-0.2, -0.15) is 0 Å². The zero-order valence-corrected chi connectivity index (χ0v) is 15.3. The molecule has 0 unspecified atom stereocenters. The highest BCUT2D eigenvalue weighted by Crippen LogP contribution is 2.39. The van der Waals surface area contributed by atoms with E-state index in [1.165, 1.54) is 0 Å². The second-order valence-electron chi connectivity index (χ2n) is 6.78. The molecular formula is C19H22N6O3. The lowest BCUT2D eigenvalue weighted by Gasteiger charge is -2.35. The normalized spacial score (nSPS) is 17.2. The summed E-state index contributed by atoms with van der Waals surface area (Å²) in [5.74, 6) is 0.624. The van der Waals surface area contributed by atoms with Gasteiger partial charge in [0.15, 0.2) is 5.82 Å². The Morgan fingerprint density at radius 3 is 2.93 bits per heavy atom. The molecule has 2 aliphatic heterocycles. The zero-order chi connectivity index (χ0) is 19.5. The number of pyridine rings is 2. The van der Waals surface area contributed by atoms with E-state index in [4.69, 9.17) is 5.11 Å². The van der Waals surface area contributed by atoms with Crippen LogP contribution in [0.25, 0.3) is 0 Å². The van der Waals surface area contributed by atoms with Crippen LogP contribution in [0.15, 0.2) is 36.5 Å². The quantitative estimate of drug-likeness (QED) is 0.671. The van der Waals surface area contributed by atoms with Crippen molar-refractivity contribution in [2.45, 2.75) is 18.9 Å². The van der Waals surface area contributed by atoms with E-state index in [1.54, 1.807) is 35.4 Å². The largest absolute Gasteiger partial charge is 0.396 e. The van der Waals surface area contributed by atoms with Crippen molar-refractivity contribution >= 4 is 29.3 Å². The lowest BCUT2D eigenvalue weighted by molar-refractivity contribution is 0.0946. The molecule has 1 saturated heterocycles. The van der Waals surface area contributed by atoms with Crippen LogP contribution in [0.5, 0.6) is 0 Å². The van der Waals surface area contributed by atoms with E-state index in [1.807, 2.05) is 6.07 Å². The summed E-state index contributed by atoms with van der Waals surface area (Å²) in [7, 11) is 0. The van der Waals surface area contributed by atoms with Gasteiger partial charge in [0, 0.05) is 32.4 Å². The van der Waals surface area contributed by atoms with E-state index >= 15 is 0 Å². The average Bonchev–Trinajstić information content (AvgIpc) is 3.13. The number of aliphatic hydroxyl groups is 1. The lowest BCUT2D eigenvalue weighted by Crippen LogP contribution is -2.48. The fourth-order valence-corrected chi connectivity index (χ4v) is 3.58. The number of aromatic nitrogens is 2. The highest BCUT2D eigenvalue weighted by Gasteiger charge is 2.40. The molecule has 0 spiro atoms. The highest BCUT2D eigenvalue weighted by molar-refractivity contribution is 6.05. The van der Waals surface area contributed by atoms with Crippen molar-refractivity contribution in [3.05, 3.63) is 42.2 Å². The van der Waals surface area contributed by atoms with Crippen LogP contribution in [0.4, 0.5) is 22.1 Å². The van der Waals surface area contributed by atoms with Crippen molar-refractivity contribution in [1.29, 1.82) is 0 Å². The Bertz CT molecular complexity index is 875. The van der Waals surface area contributed by atoms with Crippen LogP contribution in [-0.4, -0.2) is 59.3 Å². The predicted molar refractivity (Wildman–Crippen MR) is 105 cm³/mol. The SMILES string of the molecule is O=C(NCCCO)c1ccc2c(n1)N(C(=O)Nc1ccccn1)[C@H]1CCN2C1. The first-order chi connectivity index (χ1) is 13.7. The summed E-state index contributed by atoms with van der Waals surface area (Å²) < 4.78 is 0. The molecule has 2 aliphatic rings. The minimum Gasteiger partial charge on any atom is -0.396 e. The Morgan fingerprint density at radius 2 is 2.14 bits per heavy atom. The molecule has 9 heteroatoms. The molecule has 4 rings (SSSR count). The van der Waals surface area contributed by atoms with Crippen LogP contribution in [0.2, 0.25) is 0 Å². The zero-order valence-electron chi connectivity index (χ0n) is 15.3. The van der Waals surface area contributed by atoms with Crippen LogP contribution in [0.3, 0.4) is 0 Å². The third-order valence-electron chi connectivity index (χ3n) is 4.92. The minimum absolute atomic E-state index is 0.00332. The number of carbonyl (C=O) groups excluding carboxylic acids is 2. The maximum absolute atomic E-state index is 13.0. The van der Waals surface area contributed by atoms with Gasteiger partial charge in [0.2, 0.25) is 0 Å². The fourth-order valence-electron chi connectivity index (χ4n) is 3.58. The first-order valence-corrected chi connectivity index (χ1v) is 9.33. The average molecular weight is 382 g/mol. The van der Waals surface area contributed by atoms with Gasteiger partial charge in [-0.1, -0.05) is 6.07 Å². The fraction of sp³-hybridized carbons (Fsp3) is 0.368. The van der Waals surface area contributed by atoms with Crippen molar-refractivity contribution in [2.75, 3.05) is 41.4 Å². The third kappa shape index (κ3) is 3.48. The number of amides is 3. The molecule has 9 nitrogen and oxygen atoms in total. The Morgan fingerprint density at radius 1 is 1.25 bits per heavy atom. The maximum atomic E-state index is 13.0. The molecule has 4 heterocycles. The summed E-state index contributed by atoms with van der Waals surface area (Å²) in [5, 5.41) is 14.4. The number of fused-ring (bicyclic) bond motifs is 4. The Labute approximate surface area is 162 Å². The van der Waals surface area contributed by atoms with Crippen LogP contribution in [0.1, 0.15) is 23.3 Å². The van der Waals surface area contributed by atoms with Gasteiger partial charge in [-0.3, -0.25) is 15.0 Å². The molecule has 2 aromatic heterocycles. The second-order valence-corrected chi connectivity index (χ2v) is 6.78. The summed E-state index contributed by atoms with van der Waals surface area (Å²) in [5.41, 5.74) is 1.09. The van der Waals surface area contributed by atoms with Gasteiger partial charge in [0.25, 0.3) is 5.91 Å². The van der Waals surface area contributed by atoms with E-state index in [2.05, 4.69) is 25.5 Å². The Hall–Kier alpha value is -3.20. The van der Waals surface area contributed by atoms with E-state index in [9.17, 15) is 9.59 Å². The molecule has 0 aromatic carbocycles. The van der Waals surface area contributed by atoms with Crippen molar-refractivity contribution in [1.82, 2.24) is 15.3 Å². The van der Waals surface area contributed by atoms with Crippen LogP contribution in [0, 0.1) is 0 Å². The summed E-state index contributed by atoms with van der Waals surface area (Å²) in [6.45, 7) is 1.96. The topological polar surface area (TPSA) is 111 Å². The number of anilines is 3. The summed E-state index contributed by atoms with van der Waals surface area (Å²) >= 11 is 0. The third-order valence-corrected chi connectivity index (χ3v) is 4.92. The van der Waals surface area contributed by atoms with Crippen LogP contribution >= 0.6 is 0 Å². The monoisotopic (exact) mass is 382 g/mol. The molecule has 146 valence electrons. The van der Waals surface area contributed by atoms with Gasteiger partial charge < -0.3 is 15.3 Å². The van der Waals surface area contributed by atoms with Gasteiger partial charge in [-0.05, 0) is 37.1 Å². The first-order valence-electron chi connectivity index (χ1n) is 9.33. The lowest BCUT2D eigenvalue weighted by atomic mass is 10.1. The molecule has 1 fully saturated rings. The molecule has 3 amide bonds. The van der Waals surface area contributed by atoms with Gasteiger partial charge in [-0.15, -0.1) is 0 Å². The van der Waals surface area contributed by atoms with Crippen molar-refractivity contribution in [3.8, 4) is 0 Å². The number of urea groups is 1. The molecule has 3 N–H and O–H groups in total. The maximum Gasteiger partial charge on any atom is 0.329 e. The molecule has 0 aliphatic carbocycles. The highest BCUT2D eigenvalue weighted by atomic mass is 16.3. The molecule has 28 heavy (non-hydrogen) atoms. The summed E-state index contributed by atoms with van der Waals surface area (Å²) in [6.07, 6.45) is 2.93. The molecule has 2 bridgehead atoms. The van der Waals surface area contributed by atoms with Gasteiger partial charge >= 0.3 is 6.03 Å². The first kappa shape index (κ1) is 18.2. The van der Waals surface area contributed by atoms with Gasteiger partial charge in [0.1, 0.15) is 11.5 Å². The molecular weight excluding hydrogens is 360 g/mol. The number of carbonyl (C=O) groups is 2. The summed E-state index contributed by atoms with van der Waals surface area (Å²) in [6, 6.07) is 8.50. The van der Waals surface area contributed by atoms with Crippen LogP contribution in [-0.2, 0) is 0 Å². The number of nitrogens with zero attached hydrogens (tertiary/aromatic N) is 4. The predicted octanol–water partition coefficient (Wildman–Crippen LogP) is 1.22. The van der Waals surface area contributed by atoms with Gasteiger partial charge in [-0.25, -0.2) is 14.8 Å². The molecule has 2 aromatic rings. The van der Waals surface area contributed by atoms with Crippen molar-refractivity contribution in [2.24, 2.45) is 0 Å². The van der Waals surface area contributed by atoms with E-state index in [0.717, 1.165) is 25.2 Å². The number of hydrogen-bond acceptors (Lipinski definition) is 6.